The summed E-state index contributed by atoms with van der Waals surface area (Å²) in [4.78, 5) is 19.6. The van der Waals surface area contributed by atoms with Crippen LogP contribution in [0.2, 0.25) is 0 Å². The van der Waals surface area contributed by atoms with Crippen molar-refractivity contribution in [2.75, 3.05) is 0 Å². The minimum atomic E-state index is 0.665. The lowest BCUT2D eigenvalue weighted by Gasteiger charge is -2.12. The summed E-state index contributed by atoms with van der Waals surface area (Å²) in [6.07, 6.45) is 10.2. The molecule has 0 fully saturated rings. The van der Waals surface area contributed by atoms with E-state index in [-0.39, 0.29) is 0 Å². The molecule has 0 N–H and O–H groups in total. The fourth-order valence-electron chi connectivity index (χ4n) is 1.62. The second kappa shape index (κ2) is 4.71. The van der Waals surface area contributed by atoms with Crippen LogP contribution in [0.3, 0.4) is 0 Å². The minimum Gasteiger partial charge on any atom is -0.298 e. The van der Waals surface area contributed by atoms with E-state index in [9.17, 15) is 0 Å². The molecule has 2 aliphatic rings. The fourth-order valence-corrected chi connectivity index (χ4v) is 1.62. The lowest BCUT2D eigenvalue weighted by molar-refractivity contribution is -0.182. The highest BCUT2D eigenvalue weighted by atomic mass is 17.2. The van der Waals surface area contributed by atoms with Gasteiger partial charge in [0.2, 0.25) is 0 Å². The molecule has 0 spiro atoms. The zero-order valence-electron chi connectivity index (χ0n) is 9.41. The van der Waals surface area contributed by atoms with E-state index < -0.39 is 0 Å². The van der Waals surface area contributed by atoms with E-state index in [1.807, 2.05) is 36.4 Å². The Hall–Kier alpha value is -2.62. The molecule has 1 aromatic rings. The lowest BCUT2D eigenvalue weighted by atomic mass is 10.1. The Morgan fingerprint density at radius 3 is 1.39 bits per heavy atom. The first-order valence-corrected chi connectivity index (χ1v) is 5.45. The summed E-state index contributed by atoms with van der Waals surface area (Å²) in [6.45, 7) is 0. The molecule has 3 rings (SSSR count). The maximum absolute atomic E-state index is 5.04. The maximum Gasteiger partial charge on any atom is 0.185 e. The predicted molar refractivity (Wildman–Crippen MR) is 65.0 cm³/mol. The first kappa shape index (κ1) is 10.5. The van der Waals surface area contributed by atoms with E-state index in [0.29, 0.717) is 11.5 Å². The Morgan fingerprint density at radius 2 is 1.06 bits per heavy atom. The standard InChI is InChI=1S/C14H10O4/c1-3-13(17-15-9-1)11-5-7-12(8-6-11)14-4-2-10-16-18-14/h1-10H. The third-order valence-corrected chi connectivity index (χ3v) is 2.49. The first-order chi connectivity index (χ1) is 8.93. The van der Waals surface area contributed by atoms with E-state index >= 15 is 0 Å². The van der Waals surface area contributed by atoms with Crippen LogP contribution in [-0.2, 0) is 19.6 Å². The quantitative estimate of drug-likeness (QED) is 0.745. The minimum absolute atomic E-state index is 0.665. The molecule has 0 saturated heterocycles. The van der Waals surface area contributed by atoms with Gasteiger partial charge in [0.15, 0.2) is 11.5 Å². The topological polar surface area (TPSA) is 36.9 Å². The highest BCUT2D eigenvalue weighted by molar-refractivity contribution is 5.66. The van der Waals surface area contributed by atoms with Gasteiger partial charge in [-0.15, -0.1) is 0 Å². The van der Waals surface area contributed by atoms with Gasteiger partial charge in [0.25, 0.3) is 0 Å². The third kappa shape index (κ3) is 2.08. The van der Waals surface area contributed by atoms with Gasteiger partial charge in [-0.3, -0.25) is 19.6 Å². The molecule has 18 heavy (non-hydrogen) atoms. The number of allylic oxidation sites excluding steroid dienone is 4. The Balaban J connectivity index is 1.84. The molecule has 0 aromatic heterocycles. The SMILES string of the molecule is C1=COOC(c2ccc(C3=CC=COO3)cc2)=C1. The molecule has 0 radical (unpaired) electrons. The fraction of sp³-hybridized carbons (Fsp3) is 0. The van der Waals surface area contributed by atoms with Crippen LogP contribution in [0.15, 0.2) is 61.1 Å². The molecule has 0 amide bonds. The maximum atomic E-state index is 5.04. The summed E-state index contributed by atoms with van der Waals surface area (Å²) in [5.74, 6) is 1.33. The largest absolute Gasteiger partial charge is 0.298 e. The van der Waals surface area contributed by atoms with Crippen molar-refractivity contribution in [2.24, 2.45) is 0 Å². The summed E-state index contributed by atoms with van der Waals surface area (Å²) in [5.41, 5.74) is 1.85. The third-order valence-electron chi connectivity index (χ3n) is 2.49. The van der Waals surface area contributed by atoms with Crippen molar-refractivity contribution in [1.82, 2.24) is 0 Å². The van der Waals surface area contributed by atoms with Crippen molar-refractivity contribution in [2.45, 2.75) is 0 Å². The Bertz CT molecular complexity index is 499. The van der Waals surface area contributed by atoms with Gasteiger partial charge >= 0.3 is 0 Å². The Kier molecular flexibility index (Phi) is 2.75. The predicted octanol–water partition coefficient (Wildman–Crippen LogP) is 3.32. The normalized spacial score (nSPS) is 16.7. The molecule has 0 unspecified atom stereocenters. The zero-order valence-corrected chi connectivity index (χ0v) is 9.41. The first-order valence-electron chi connectivity index (χ1n) is 5.45. The molecule has 1 aromatic carbocycles. The highest BCUT2D eigenvalue weighted by Gasteiger charge is 2.09. The van der Waals surface area contributed by atoms with Crippen LogP contribution in [0.1, 0.15) is 11.1 Å². The molecule has 0 atom stereocenters. The van der Waals surface area contributed by atoms with E-state index in [0.717, 1.165) is 11.1 Å². The second-order valence-electron chi connectivity index (χ2n) is 3.66. The van der Waals surface area contributed by atoms with Gasteiger partial charge in [0, 0.05) is 11.1 Å². The van der Waals surface area contributed by atoms with E-state index in [2.05, 4.69) is 0 Å². The van der Waals surface area contributed by atoms with Crippen molar-refractivity contribution in [1.29, 1.82) is 0 Å². The van der Waals surface area contributed by atoms with Crippen LogP contribution in [0, 0.1) is 0 Å². The molecule has 0 saturated carbocycles. The average molecular weight is 242 g/mol. The van der Waals surface area contributed by atoms with E-state index in [4.69, 9.17) is 19.6 Å². The molecule has 2 heterocycles. The Labute approximate surface area is 104 Å². The molecule has 4 heteroatoms. The summed E-state index contributed by atoms with van der Waals surface area (Å²) in [5, 5.41) is 0. The van der Waals surface area contributed by atoms with Gasteiger partial charge in [-0.1, -0.05) is 24.3 Å². The van der Waals surface area contributed by atoms with Crippen LogP contribution in [-0.4, -0.2) is 0 Å². The smallest absolute Gasteiger partial charge is 0.185 e. The van der Waals surface area contributed by atoms with Crippen LogP contribution < -0.4 is 0 Å². The Morgan fingerprint density at radius 1 is 0.611 bits per heavy atom. The summed E-state index contributed by atoms with van der Waals surface area (Å²) in [7, 11) is 0. The monoisotopic (exact) mass is 242 g/mol. The molecular weight excluding hydrogens is 232 g/mol. The van der Waals surface area contributed by atoms with Crippen molar-refractivity contribution in [3.05, 3.63) is 72.2 Å². The van der Waals surface area contributed by atoms with Crippen LogP contribution in [0.4, 0.5) is 0 Å². The van der Waals surface area contributed by atoms with Crippen molar-refractivity contribution >= 4 is 11.5 Å². The highest BCUT2D eigenvalue weighted by Crippen LogP contribution is 2.24. The number of hydrogen-bond donors (Lipinski definition) is 0. The zero-order chi connectivity index (χ0) is 12.2. The van der Waals surface area contributed by atoms with Gasteiger partial charge < -0.3 is 0 Å². The van der Waals surface area contributed by atoms with E-state index in [1.165, 1.54) is 12.5 Å². The number of rotatable bonds is 2. The van der Waals surface area contributed by atoms with Crippen LogP contribution >= 0.6 is 0 Å². The van der Waals surface area contributed by atoms with Gasteiger partial charge in [-0.2, -0.15) is 0 Å². The van der Waals surface area contributed by atoms with Crippen LogP contribution in [0.25, 0.3) is 11.5 Å². The number of benzene rings is 1. The summed E-state index contributed by atoms with van der Waals surface area (Å²) < 4.78 is 0. The van der Waals surface area contributed by atoms with Gasteiger partial charge in [0.1, 0.15) is 12.5 Å². The van der Waals surface area contributed by atoms with Gasteiger partial charge in [0.05, 0.1) is 0 Å². The average Bonchev–Trinajstić information content (AvgIpc) is 2.49. The van der Waals surface area contributed by atoms with Crippen molar-refractivity contribution in [3.63, 3.8) is 0 Å². The molecule has 0 aliphatic carbocycles. The van der Waals surface area contributed by atoms with Gasteiger partial charge in [-0.05, 0) is 24.3 Å². The molecule has 4 nitrogen and oxygen atoms in total. The molecule has 0 bridgehead atoms. The van der Waals surface area contributed by atoms with Crippen molar-refractivity contribution < 1.29 is 19.6 Å². The lowest BCUT2D eigenvalue weighted by Crippen LogP contribution is -1.96. The number of hydrogen-bond acceptors (Lipinski definition) is 4. The molecule has 90 valence electrons. The van der Waals surface area contributed by atoms with E-state index in [1.54, 1.807) is 12.2 Å². The summed E-state index contributed by atoms with van der Waals surface area (Å²) in [6, 6.07) is 7.69. The second-order valence-corrected chi connectivity index (χ2v) is 3.66. The van der Waals surface area contributed by atoms with Crippen LogP contribution in [0.5, 0.6) is 0 Å². The summed E-state index contributed by atoms with van der Waals surface area (Å²) >= 11 is 0. The van der Waals surface area contributed by atoms with Gasteiger partial charge in [-0.25, -0.2) is 0 Å². The molecule has 2 aliphatic heterocycles. The molecular formula is C14H10O4. The van der Waals surface area contributed by atoms with Crippen molar-refractivity contribution in [3.8, 4) is 0 Å².